The molecule has 0 aliphatic rings. The lowest BCUT2D eigenvalue weighted by molar-refractivity contribution is -0.140. The van der Waals surface area contributed by atoms with E-state index in [1.54, 1.807) is 7.11 Å². The smallest absolute Gasteiger partial charge is 0.331 e. The van der Waals surface area contributed by atoms with Gasteiger partial charge in [-0.1, -0.05) is 45.4 Å². The number of nitrogens with zero attached hydrogens (tertiary/aromatic N) is 1. The molecule has 0 amide bonds. The Morgan fingerprint density at radius 1 is 1.20 bits per heavy atom. The molecule has 0 heterocycles. The first-order chi connectivity index (χ1) is 9.67. The molecule has 0 saturated heterocycles. The van der Waals surface area contributed by atoms with Crippen LogP contribution in [-0.2, 0) is 9.63 Å². The molecule has 4 nitrogen and oxygen atoms in total. The number of hydrogen-bond donors (Lipinski definition) is 0. The van der Waals surface area contributed by atoms with Gasteiger partial charge in [-0.25, -0.2) is 4.79 Å². The van der Waals surface area contributed by atoms with E-state index in [0.717, 1.165) is 22.1 Å². The van der Waals surface area contributed by atoms with Gasteiger partial charge in [0.2, 0.25) is 0 Å². The van der Waals surface area contributed by atoms with Gasteiger partial charge in [-0.15, -0.1) is 0 Å². The Kier molecular flexibility index (Phi) is 4.74. The minimum absolute atomic E-state index is 0.443. The number of ether oxygens (including phenoxy) is 1. The van der Waals surface area contributed by atoms with Crippen molar-refractivity contribution in [3.05, 3.63) is 42.0 Å². The number of alkyl halides is 1. The van der Waals surface area contributed by atoms with Gasteiger partial charge in [0.05, 0.1) is 12.8 Å². The lowest BCUT2D eigenvalue weighted by atomic mass is 10.0. The Bertz CT molecular complexity index is 667. The highest BCUT2D eigenvalue weighted by molar-refractivity contribution is 9.09. The number of fused-ring (bicyclic) bond motifs is 1. The summed E-state index contributed by atoms with van der Waals surface area (Å²) in [5, 5.41) is 6.37. The third-order valence-electron chi connectivity index (χ3n) is 2.83. The van der Waals surface area contributed by atoms with E-state index < -0.39 is 5.97 Å². The fourth-order valence-corrected chi connectivity index (χ4v) is 2.37. The van der Waals surface area contributed by atoms with Crippen LogP contribution in [0.15, 0.2) is 41.6 Å². The van der Waals surface area contributed by atoms with E-state index in [1.807, 2.05) is 36.4 Å². The van der Waals surface area contributed by atoms with Gasteiger partial charge in [-0.2, -0.15) is 0 Å². The Morgan fingerprint density at radius 2 is 1.90 bits per heavy atom. The predicted octanol–water partition coefficient (Wildman–Crippen LogP) is 3.51. The summed E-state index contributed by atoms with van der Waals surface area (Å²) in [4.78, 5) is 15.6. The van der Waals surface area contributed by atoms with Crippen LogP contribution in [0.3, 0.4) is 0 Å². The number of methoxy groups -OCH3 is 1. The maximum atomic E-state index is 10.9. The minimum Gasteiger partial charge on any atom is -0.496 e. The quantitative estimate of drug-likeness (QED) is 0.372. The van der Waals surface area contributed by atoms with Gasteiger partial charge in [0.15, 0.2) is 0 Å². The standard InChI is InChI=1S/C15H14BrNO3/c1-10(18)20-17-14(9-16)12-7-8-15(19-2)13-6-4-3-5-11(12)13/h3-8H,9H2,1-2H3. The van der Waals surface area contributed by atoms with Gasteiger partial charge in [0.25, 0.3) is 0 Å². The zero-order valence-electron chi connectivity index (χ0n) is 11.2. The molecule has 2 aromatic carbocycles. The monoisotopic (exact) mass is 335 g/mol. The molecular weight excluding hydrogens is 322 g/mol. The van der Waals surface area contributed by atoms with E-state index in [2.05, 4.69) is 21.1 Å². The third-order valence-corrected chi connectivity index (χ3v) is 3.36. The Labute approximate surface area is 125 Å². The summed E-state index contributed by atoms with van der Waals surface area (Å²) >= 11 is 3.37. The average Bonchev–Trinajstić information content (AvgIpc) is 2.47. The van der Waals surface area contributed by atoms with Gasteiger partial charge in [0, 0.05) is 23.2 Å². The highest BCUT2D eigenvalue weighted by Crippen LogP contribution is 2.29. The molecule has 104 valence electrons. The van der Waals surface area contributed by atoms with Crippen molar-refractivity contribution in [3.63, 3.8) is 0 Å². The van der Waals surface area contributed by atoms with Gasteiger partial charge >= 0.3 is 5.97 Å². The fraction of sp³-hybridized carbons (Fsp3) is 0.200. The summed E-state index contributed by atoms with van der Waals surface area (Å²) in [6.45, 7) is 1.32. The first-order valence-electron chi connectivity index (χ1n) is 6.04. The molecule has 2 aromatic rings. The molecule has 0 bridgehead atoms. The molecule has 0 unspecified atom stereocenters. The lowest BCUT2D eigenvalue weighted by Gasteiger charge is -2.10. The molecule has 0 aliphatic heterocycles. The molecular formula is C15H14BrNO3. The van der Waals surface area contributed by atoms with E-state index in [1.165, 1.54) is 6.92 Å². The van der Waals surface area contributed by atoms with Crippen LogP contribution in [0.1, 0.15) is 12.5 Å². The van der Waals surface area contributed by atoms with Crippen molar-refractivity contribution in [2.75, 3.05) is 12.4 Å². The van der Waals surface area contributed by atoms with E-state index in [0.29, 0.717) is 11.0 Å². The van der Waals surface area contributed by atoms with Crippen LogP contribution in [0.2, 0.25) is 0 Å². The van der Waals surface area contributed by atoms with Crippen molar-refractivity contribution in [2.45, 2.75) is 6.92 Å². The molecule has 5 heteroatoms. The number of halogens is 1. The number of carbonyl (C=O) groups is 1. The predicted molar refractivity (Wildman–Crippen MR) is 82.6 cm³/mol. The molecule has 20 heavy (non-hydrogen) atoms. The second kappa shape index (κ2) is 6.52. The first kappa shape index (κ1) is 14.5. The maximum absolute atomic E-state index is 10.9. The summed E-state index contributed by atoms with van der Waals surface area (Å²) in [5.74, 6) is 0.354. The van der Waals surface area contributed by atoms with Crippen molar-refractivity contribution < 1.29 is 14.4 Å². The van der Waals surface area contributed by atoms with Crippen LogP contribution in [0.5, 0.6) is 5.75 Å². The zero-order chi connectivity index (χ0) is 14.5. The molecule has 0 aliphatic carbocycles. The molecule has 0 N–H and O–H groups in total. The van der Waals surface area contributed by atoms with Crippen molar-refractivity contribution in [1.29, 1.82) is 0 Å². The Hall–Kier alpha value is -1.88. The van der Waals surface area contributed by atoms with Crippen LogP contribution >= 0.6 is 15.9 Å². The lowest BCUT2D eigenvalue weighted by Crippen LogP contribution is -2.06. The SMILES string of the molecule is COc1ccc(C(CBr)=NOC(C)=O)c2ccccc12. The van der Waals surface area contributed by atoms with Gasteiger partial charge in [-0.3, -0.25) is 0 Å². The van der Waals surface area contributed by atoms with Crippen molar-refractivity contribution in [2.24, 2.45) is 5.16 Å². The number of hydrogen-bond acceptors (Lipinski definition) is 4. The van der Waals surface area contributed by atoms with E-state index in [4.69, 9.17) is 9.57 Å². The summed E-state index contributed by atoms with van der Waals surface area (Å²) in [6, 6.07) is 11.7. The van der Waals surface area contributed by atoms with E-state index in [-0.39, 0.29) is 0 Å². The average molecular weight is 336 g/mol. The molecule has 0 fully saturated rings. The molecule has 0 spiro atoms. The second-order valence-corrected chi connectivity index (χ2v) is 4.68. The normalized spacial score (nSPS) is 11.4. The molecule has 0 aromatic heterocycles. The van der Waals surface area contributed by atoms with Gasteiger partial charge in [-0.05, 0) is 17.5 Å². The summed E-state index contributed by atoms with van der Waals surface area (Å²) in [5.41, 5.74) is 1.55. The summed E-state index contributed by atoms with van der Waals surface area (Å²) < 4.78 is 5.36. The number of carbonyl (C=O) groups excluding carboxylic acids is 1. The van der Waals surface area contributed by atoms with E-state index in [9.17, 15) is 4.79 Å². The highest BCUT2D eigenvalue weighted by Gasteiger charge is 2.11. The third kappa shape index (κ3) is 2.99. The molecule has 0 atom stereocenters. The minimum atomic E-state index is -0.443. The first-order valence-corrected chi connectivity index (χ1v) is 7.16. The van der Waals surface area contributed by atoms with Crippen LogP contribution in [0, 0.1) is 0 Å². The zero-order valence-corrected chi connectivity index (χ0v) is 12.8. The van der Waals surface area contributed by atoms with Crippen molar-refractivity contribution >= 4 is 38.4 Å². The van der Waals surface area contributed by atoms with E-state index >= 15 is 0 Å². The summed E-state index contributed by atoms with van der Waals surface area (Å²) in [6.07, 6.45) is 0. The van der Waals surface area contributed by atoms with Crippen LogP contribution in [-0.4, -0.2) is 24.1 Å². The Balaban J connectivity index is 2.59. The largest absolute Gasteiger partial charge is 0.496 e. The maximum Gasteiger partial charge on any atom is 0.331 e. The van der Waals surface area contributed by atoms with Crippen LogP contribution in [0.4, 0.5) is 0 Å². The topological polar surface area (TPSA) is 47.9 Å². The molecule has 0 saturated carbocycles. The highest BCUT2D eigenvalue weighted by atomic mass is 79.9. The van der Waals surface area contributed by atoms with Gasteiger partial charge < -0.3 is 9.57 Å². The van der Waals surface area contributed by atoms with Crippen molar-refractivity contribution in [1.82, 2.24) is 0 Å². The number of rotatable bonds is 4. The molecule has 0 radical (unpaired) electrons. The number of benzene rings is 2. The summed E-state index contributed by atoms with van der Waals surface area (Å²) in [7, 11) is 1.64. The van der Waals surface area contributed by atoms with Crippen LogP contribution in [0.25, 0.3) is 10.8 Å². The second-order valence-electron chi connectivity index (χ2n) is 4.12. The number of oxime groups is 1. The molecule has 2 rings (SSSR count). The van der Waals surface area contributed by atoms with Crippen LogP contribution < -0.4 is 4.74 Å². The Morgan fingerprint density at radius 3 is 2.50 bits per heavy atom. The van der Waals surface area contributed by atoms with Gasteiger partial charge in [0.1, 0.15) is 5.75 Å². The fourth-order valence-electron chi connectivity index (χ4n) is 1.97. The van der Waals surface area contributed by atoms with Crippen molar-refractivity contribution in [3.8, 4) is 5.75 Å².